The van der Waals surface area contributed by atoms with Crippen LogP contribution in [-0.2, 0) is 4.65 Å². The summed E-state index contributed by atoms with van der Waals surface area (Å²) < 4.78 is 5.84. The third-order valence-corrected chi connectivity index (χ3v) is 2.19. The van der Waals surface area contributed by atoms with Gasteiger partial charge < -0.3 is 9.88 Å². The lowest BCUT2D eigenvalue weighted by atomic mass is 9.77. The molecule has 2 nitrogen and oxygen atoms in total. The summed E-state index contributed by atoms with van der Waals surface area (Å²) in [5.74, 6) is 2.05. The van der Waals surface area contributed by atoms with Crippen molar-refractivity contribution in [1.82, 2.24) is 0 Å². The summed E-state index contributed by atoms with van der Waals surface area (Å²) in [7, 11) is -0.0279. The zero-order chi connectivity index (χ0) is 10.9. The Labute approximate surface area is 91.5 Å². The Bertz CT molecular complexity index is 381. The highest BCUT2D eigenvalue weighted by atomic mass is 16.5. The zero-order valence-electron chi connectivity index (χ0n) is 9.45. The molecular formula is C12H16BNO. The predicted molar refractivity (Wildman–Crippen MR) is 65.7 cm³/mol. The van der Waals surface area contributed by atoms with Crippen LogP contribution in [0, 0.1) is 0 Å². The van der Waals surface area contributed by atoms with Gasteiger partial charge in [0.05, 0.1) is 0 Å². The second-order valence-corrected chi connectivity index (χ2v) is 4.74. The second-order valence-electron chi connectivity index (χ2n) is 4.74. The topological polar surface area (TPSA) is 21.3 Å². The molecule has 0 fully saturated rings. The largest absolute Gasteiger partial charge is 0.442 e. The molecule has 0 unspecified atom stereocenters. The number of anilines is 1. The minimum atomic E-state index is -0.131. The highest BCUT2D eigenvalue weighted by Crippen LogP contribution is 2.23. The van der Waals surface area contributed by atoms with Gasteiger partial charge in [0.25, 0.3) is 0 Å². The van der Waals surface area contributed by atoms with Gasteiger partial charge in [-0.25, -0.2) is 0 Å². The number of rotatable bonds is 1. The Balaban J connectivity index is 2.13. The maximum Gasteiger partial charge on any atom is 0.442 e. The van der Waals surface area contributed by atoms with E-state index in [4.69, 9.17) is 4.65 Å². The van der Waals surface area contributed by atoms with E-state index >= 15 is 0 Å². The Morgan fingerprint density at radius 3 is 2.67 bits per heavy atom. The molecule has 3 heteroatoms. The molecule has 2 rings (SSSR count). The van der Waals surface area contributed by atoms with E-state index in [1.54, 1.807) is 0 Å². The van der Waals surface area contributed by atoms with Crippen molar-refractivity contribution >= 4 is 18.8 Å². The van der Waals surface area contributed by atoms with Gasteiger partial charge in [-0.3, -0.25) is 0 Å². The second kappa shape index (κ2) is 3.74. The van der Waals surface area contributed by atoms with Gasteiger partial charge in [0.2, 0.25) is 0 Å². The van der Waals surface area contributed by atoms with Crippen molar-refractivity contribution in [1.29, 1.82) is 0 Å². The van der Waals surface area contributed by atoms with Gasteiger partial charge in [0.15, 0.2) is 0 Å². The summed E-state index contributed by atoms with van der Waals surface area (Å²) in [6.45, 7) is 6.18. The molecule has 0 spiro atoms. The van der Waals surface area contributed by atoms with Gasteiger partial charge >= 0.3 is 7.05 Å². The van der Waals surface area contributed by atoms with E-state index in [-0.39, 0.29) is 12.7 Å². The average molecular weight is 201 g/mol. The van der Waals surface area contributed by atoms with Crippen LogP contribution < -0.4 is 5.23 Å². The van der Waals surface area contributed by atoms with E-state index in [9.17, 15) is 0 Å². The number of hydrogen-bond acceptors (Lipinski definition) is 2. The van der Waals surface area contributed by atoms with Crippen LogP contribution >= 0.6 is 0 Å². The quantitative estimate of drug-likeness (QED) is 0.705. The maximum absolute atomic E-state index is 5.84. The van der Waals surface area contributed by atoms with Crippen molar-refractivity contribution in [2.75, 3.05) is 5.23 Å². The lowest BCUT2D eigenvalue weighted by Crippen LogP contribution is -2.37. The van der Waals surface area contributed by atoms with Gasteiger partial charge in [-0.05, 0) is 32.4 Å². The Kier molecular flexibility index (Phi) is 2.57. The van der Waals surface area contributed by atoms with Gasteiger partial charge in [-0.15, -0.1) is 0 Å². The first-order chi connectivity index (χ1) is 7.04. The summed E-state index contributed by atoms with van der Waals surface area (Å²) in [6, 6.07) is 8.22. The minimum absolute atomic E-state index is 0.0279. The molecule has 1 N–H and O–H groups in total. The van der Waals surface area contributed by atoms with Crippen LogP contribution in [-0.4, -0.2) is 12.7 Å². The number of fused-ring (bicyclic) bond motifs is 1. The van der Waals surface area contributed by atoms with Crippen molar-refractivity contribution in [3.63, 3.8) is 0 Å². The Hall–Kier alpha value is -1.22. The molecule has 0 aromatic heterocycles. The zero-order valence-corrected chi connectivity index (χ0v) is 9.45. The number of nitrogens with one attached hydrogen (secondary N) is 1. The van der Waals surface area contributed by atoms with Crippen molar-refractivity contribution in [3.05, 3.63) is 35.8 Å². The van der Waals surface area contributed by atoms with Crippen LogP contribution in [0.2, 0.25) is 0 Å². The minimum Gasteiger partial charge on any atom is -0.409 e. The van der Waals surface area contributed by atoms with E-state index in [1.807, 2.05) is 18.1 Å². The van der Waals surface area contributed by atoms with Crippen LogP contribution in [0.25, 0.3) is 6.08 Å². The van der Waals surface area contributed by atoms with Crippen molar-refractivity contribution in [3.8, 4) is 0 Å². The first kappa shape index (κ1) is 10.3. The van der Waals surface area contributed by atoms with E-state index in [0.717, 1.165) is 5.69 Å². The van der Waals surface area contributed by atoms with Crippen LogP contribution in [0.5, 0.6) is 0 Å². The Morgan fingerprint density at radius 2 is 1.93 bits per heavy atom. The third kappa shape index (κ3) is 2.63. The third-order valence-electron chi connectivity index (χ3n) is 2.19. The molecule has 0 radical (unpaired) electrons. The summed E-state index contributed by atoms with van der Waals surface area (Å²) in [5.41, 5.74) is 2.22. The van der Waals surface area contributed by atoms with Crippen molar-refractivity contribution in [2.24, 2.45) is 0 Å². The lowest BCUT2D eigenvalue weighted by Gasteiger charge is -2.27. The van der Waals surface area contributed by atoms with Crippen molar-refractivity contribution < 1.29 is 4.65 Å². The van der Waals surface area contributed by atoms with Gasteiger partial charge in [-0.2, -0.15) is 0 Å². The molecule has 15 heavy (non-hydrogen) atoms. The SMILES string of the molecule is CC(C)(C)OB1C=Cc2ccccc2N1. The molecule has 0 atom stereocenters. The van der Waals surface area contributed by atoms with E-state index in [0.29, 0.717) is 0 Å². The van der Waals surface area contributed by atoms with Gasteiger partial charge in [0, 0.05) is 11.3 Å². The molecular weight excluding hydrogens is 185 g/mol. The summed E-state index contributed by atoms with van der Waals surface area (Å²) in [6.07, 6.45) is 2.10. The molecule has 1 aromatic rings. The average Bonchev–Trinajstić information content (AvgIpc) is 2.15. The van der Waals surface area contributed by atoms with Gasteiger partial charge in [-0.1, -0.05) is 30.3 Å². The highest BCUT2D eigenvalue weighted by molar-refractivity contribution is 6.63. The van der Waals surface area contributed by atoms with Gasteiger partial charge in [0.1, 0.15) is 0 Å². The van der Waals surface area contributed by atoms with Crippen LogP contribution in [0.4, 0.5) is 5.69 Å². The molecule has 1 aliphatic heterocycles. The molecule has 0 saturated heterocycles. The van der Waals surface area contributed by atoms with Crippen LogP contribution in [0.15, 0.2) is 30.2 Å². The Morgan fingerprint density at radius 1 is 1.20 bits per heavy atom. The molecule has 1 aromatic carbocycles. The molecule has 78 valence electrons. The number of para-hydroxylation sites is 1. The molecule has 0 aliphatic carbocycles. The number of benzene rings is 1. The monoisotopic (exact) mass is 201 g/mol. The molecule has 0 bridgehead atoms. The fraction of sp³-hybridized carbons (Fsp3) is 0.333. The highest BCUT2D eigenvalue weighted by Gasteiger charge is 2.24. The summed E-state index contributed by atoms with van der Waals surface area (Å²) in [4.78, 5) is 0. The first-order valence-corrected chi connectivity index (χ1v) is 5.26. The molecule has 1 aliphatic rings. The van der Waals surface area contributed by atoms with Crippen molar-refractivity contribution in [2.45, 2.75) is 26.4 Å². The molecule has 0 amide bonds. The van der Waals surface area contributed by atoms with E-state index in [2.05, 4.69) is 44.2 Å². The lowest BCUT2D eigenvalue weighted by molar-refractivity contribution is 0.133. The maximum atomic E-state index is 5.84. The van der Waals surface area contributed by atoms with Crippen LogP contribution in [0.3, 0.4) is 0 Å². The predicted octanol–water partition coefficient (Wildman–Crippen LogP) is 2.97. The first-order valence-electron chi connectivity index (χ1n) is 5.26. The number of hydrogen-bond donors (Lipinski definition) is 1. The van der Waals surface area contributed by atoms with E-state index < -0.39 is 0 Å². The standard InChI is InChI=1S/C12H16BNO/c1-12(2,3)15-13-9-8-10-6-4-5-7-11(10)14-13/h4-9,14H,1-3H3. The smallest absolute Gasteiger partial charge is 0.409 e. The normalized spacial score (nSPS) is 14.7. The fourth-order valence-electron chi connectivity index (χ4n) is 1.62. The molecule has 0 saturated carbocycles. The fourth-order valence-corrected chi connectivity index (χ4v) is 1.62. The van der Waals surface area contributed by atoms with Crippen LogP contribution in [0.1, 0.15) is 26.3 Å². The molecule has 1 heterocycles. The van der Waals surface area contributed by atoms with E-state index in [1.165, 1.54) is 5.56 Å². The summed E-state index contributed by atoms with van der Waals surface area (Å²) >= 11 is 0. The summed E-state index contributed by atoms with van der Waals surface area (Å²) in [5, 5.41) is 3.34.